The van der Waals surface area contributed by atoms with Gasteiger partial charge in [0.05, 0.1) is 26.4 Å². The highest BCUT2D eigenvalue weighted by Gasteiger charge is 2.30. The van der Waals surface area contributed by atoms with Crippen LogP contribution in [0.15, 0.2) is 0 Å². The molecule has 0 saturated carbocycles. The number of hydrogen-bond acceptors (Lipinski definition) is 15. The van der Waals surface area contributed by atoms with Crippen molar-refractivity contribution >= 4 is 39.5 Å². The molecule has 95 heavy (non-hydrogen) atoms. The van der Waals surface area contributed by atoms with Crippen molar-refractivity contribution in [1.82, 2.24) is 0 Å². The van der Waals surface area contributed by atoms with E-state index in [0.717, 1.165) is 114 Å². The molecule has 0 aliphatic rings. The summed E-state index contributed by atoms with van der Waals surface area (Å²) in [6.07, 6.45) is 50.1. The number of rotatable bonds is 73. The first-order valence-electron chi connectivity index (χ1n) is 39.2. The molecule has 0 fully saturated rings. The predicted molar refractivity (Wildman–Crippen MR) is 386 cm³/mol. The molecule has 0 aromatic rings. The summed E-state index contributed by atoms with van der Waals surface area (Å²) in [5, 5.41) is 10.6. The highest BCUT2D eigenvalue weighted by atomic mass is 31.2. The van der Waals surface area contributed by atoms with E-state index in [0.29, 0.717) is 31.6 Å². The molecule has 0 radical (unpaired) electrons. The molecular formula is C76H148O17P2. The quantitative estimate of drug-likeness (QED) is 0.0222. The maximum absolute atomic E-state index is 13.1. The van der Waals surface area contributed by atoms with Gasteiger partial charge in [0, 0.05) is 25.7 Å². The molecule has 0 aliphatic heterocycles. The minimum atomic E-state index is -4.96. The third kappa shape index (κ3) is 70.3. The van der Waals surface area contributed by atoms with E-state index in [4.69, 9.17) is 37.0 Å². The number of unbranched alkanes of at least 4 members (excludes halogenated alkanes) is 39. The molecule has 17 nitrogen and oxygen atoms in total. The average molecular weight is 1400 g/mol. The van der Waals surface area contributed by atoms with Crippen molar-refractivity contribution in [2.75, 3.05) is 39.6 Å². The number of carbonyl (C=O) groups excluding carboxylic acids is 4. The summed E-state index contributed by atoms with van der Waals surface area (Å²) in [6.45, 7) is 14.2. The number of phosphoric acid groups is 2. The van der Waals surface area contributed by atoms with Gasteiger partial charge in [0.1, 0.15) is 19.3 Å². The van der Waals surface area contributed by atoms with E-state index in [1.54, 1.807) is 0 Å². The lowest BCUT2D eigenvalue weighted by atomic mass is 10.0. The fraction of sp³-hybridized carbons (Fsp3) is 0.947. The van der Waals surface area contributed by atoms with Gasteiger partial charge >= 0.3 is 39.5 Å². The van der Waals surface area contributed by atoms with Crippen LogP contribution in [0.1, 0.15) is 383 Å². The minimum Gasteiger partial charge on any atom is -0.462 e. The zero-order valence-electron chi connectivity index (χ0n) is 62.3. The van der Waals surface area contributed by atoms with E-state index < -0.39 is 97.5 Å². The van der Waals surface area contributed by atoms with Gasteiger partial charge in [0.25, 0.3) is 0 Å². The lowest BCUT2D eigenvalue weighted by Gasteiger charge is -2.21. The molecule has 2 unspecified atom stereocenters. The molecule has 0 spiro atoms. The molecule has 0 amide bonds. The van der Waals surface area contributed by atoms with Gasteiger partial charge in [0.15, 0.2) is 12.2 Å². The first-order chi connectivity index (χ1) is 45.6. The van der Waals surface area contributed by atoms with Crippen molar-refractivity contribution in [3.8, 4) is 0 Å². The van der Waals surface area contributed by atoms with E-state index in [2.05, 4.69) is 55.4 Å². The minimum absolute atomic E-state index is 0.105. The van der Waals surface area contributed by atoms with Crippen molar-refractivity contribution in [2.45, 2.75) is 401 Å². The first-order valence-corrected chi connectivity index (χ1v) is 42.2. The SMILES string of the molecule is CC(C)CCCCCCCCCCCCCCCC(=O)OC[C@H](COP(=O)(O)OC[C@@H](O)COP(=O)(O)OC[C@@H](COC(=O)CCCCCCCCC(C)C)OC(=O)CCCCCCCCCCCCCC(C)C)OC(=O)CCCCCCCCCCCCCCCC(C)C. The number of esters is 4. The van der Waals surface area contributed by atoms with Crippen LogP contribution in [0.3, 0.4) is 0 Å². The normalized spacial score (nSPS) is 14.1. The van der Waals surface area contributed by atoms with Crippen molar-refractivity contribution in [2.24, 2.45) is 23.7 Å². The summed E-state index contributed by atoms with van der Waals surface area (Å²) in [4.78, 5) is 72.8. The summed E-state index contributed by atoms with van der Waals surface area (Å²) in [6, 6.07) is 0. The number of phosphoric ester groups is 2. The third-order valence-electron chi connectivity index (χ3n) is 17.6. The molecule has 0 aromatic carbocycles. The van der Waals surface area contributed by atoms with Gasteiger partial charge in [-0.05, 0) is 49.4 Å². The summed E-state index contributed by atoms with van der Waals surface area (Å²) in [7, 11) is -9.91. The highest BCUT2D eigenvalue weighted by Crippen LogP contribution is 2.45. The second kappa shape index (κ2) is 65.4. The van der Waals surface area contributed by atoms with Crippen LogP contribution in [0.2, 0.25) is 0 Å². The summed E-state index contributed by atoms with van der Waals surface area (Å²) < 4.78 is 68.5. The van der Waals surface area contributed by atoms with Gasteiger partial charge in [-0.3, -0.25) is 37.3 Å². The molecule has 0 rings (SSSR count). The largest absolute Gasteiger partial charge is 0.472 e. The van der Waals surface area contributed by atoms with Crippen LogP contribution in [0.4, 0.5) is 0 Å². The van der Waals surface area contributed by atoms with Crippen molar-refractivity contribution in [3.05, 3.63) is 0 Å². The molecule has 0 aromatic heterocycles. The number of aliphatic hydroxyl groups excluding tert-OH is 1. The third-order valence-corrected chi connectivity index (χ3v) is 19.5. The Morgan fingerprint density at radius 1 is 0.263 bits per heavy atom. The maximum Gasteiger partial charge on any atom is 0.472 e. The molecule has 0 bridgehead atoms. The molecular weight excluding hydrogens is 1250 g/mol. The van der Waals surface area contributed by atoms with E-state index in [1.807, 2.05) is 0 Å². The summed E-state index contributed by atoms with van der Waals surface area (Å²) >= 11 is 0. The van der Waals surface area contributed by atoms with Crippen LogP contribution in [-0.4, -0.2) is 96.7 Å². The van der Waals surface area contributed by atoms with Crippen LogP contribution in [0.25, 0.3) is 0 Å². The van der Waals surface area contributed by atoms with Gasteiger partial charge < -0.3 is 33.8 Å². The number of aliphatic hydroxyl groups is 1. The van der Waals surface area contributed by atoms with Crippen LogP contribution in [0, 0.1) is 23.7 Å². The highest BCUT2D eigenvalue weighted by molar-refractivity contribution is 7.47. The molecule has 0 heterocycles. The van der Waals surface area contributed by atoms with E-state index in [1.165, 1.54) is 180 Å². The molecule has 19 heteroatoms. The summed E-state index contributed by atoms with van der Waals surface area (Å²) in [5.74, 6) is 0.901. The van der Waals surface area contributed by atoms with Crippen molar-refractivity contribution < 1.29 is 80.2 Å². The Hall–Kier alpha value is -1.94. The molecule has 0 saturated heterocycles. The second-order valence-electron chi connectivity index (χ2n) is 29.3. The molecule has 3 N–H and O–H groups in total. The van der Waals surface area contributed by atoms with E-state index in [9.17, 15) is 43.2 Å². The Bertz CT molecular complexity index is 1870. The Labute approximate surface area is 581 Å². The Balaban J connectivity index is 5.24. The van der Waals surface area contributed by atoms with Crippen LogP contribution >= 0.6 is 15.6 Å². The first kappa shape index (κ1) is 93.1. The van der Waals surface area contributed by atoms with Gasteiger partial charge in [-0.2, -0.15) is 0 Å². The van der Waals surface area contributed by atoms with Crippen molar-refractivity contribution in [1.29, 1.82) is 0 Å². The fourth-order valence-electron chi connectivity index (χ4n) is 11.6. The molecule has 5 atom stereocenters. The fourth-order valence-corrected chi connectivity index (χ4v) is 13.1. The number of ether oxygens (including phenoxy) is 4. The zero-order chi connectivity index (χ0) is 70.3. The lowest BCUT2D eigenvalue weighted by molar-refractivity contribution is -0.161. The Kier molecular flexibility index (Phi) is 64.0. The predicted octanol–water partition coefficient (Wildman–Crippen LogP) is 22.0. The average Bonchev–Trinajstić information content (AvgIpc) is 1.68. The van der Waals surface area contributed by atoms with Crippen LogP contribution in [0.5, 0.6) is 0 Å². The monoisotopic (exact) mass is 1400 g/mol. The summed E-state index contributed by atoms with van der Waals surface area (Å²) in [5.41, 5.74) is 0. The topological polar surface area (TPSA) is 237 Å². The van der Waals surface area contributed by atoms with E-state index >= 15 is 0 Å². The van der Waals surface area contributed by atoms with Crippen LogP contribution < -0.4 is 0 Å². The lowest BCUT2D eigenvalue weighted by Crippen LogP contribution is -2.30. The van der Waals surface area contributed by atoms with E-state index in [-0.39, 0.29) is 25.7 Å². The molecule has 0 aliphatic carbocycles. The zero-order valence-corrected chi connectivity index (χ0v) is 64.1. The standard InChI is InChI=1S/C76H148O17P2/c1-66(2)52-44-36-28-22-16-11-9-13-19-25-31-40-48-56-73(78)86-62-71(92-75(80)58-50-42-32-26-20-14-10-12-17-23-29-37-45-53-67(3)4)64-90-94(82,83)88-60-70(77)61-89-95(84,85)91-65-72(63-87-74(79)57-49-41-35-34-39-47-55-69(7)8)93-76(81)59-51-43-33-27-21-15-18-24-30-38-46-54-68(5)6/h66-72,77H,9-65H2,1-8H3,(H,82,83)(H,84,85)/t70-,71-,72-/m1/s1. The number of hydrogen-bond donors (Lipinski definition) is 3. The van der Waals surface area contributed by atoms with Gasteiger partial charge in [-0.25, -0.2) is 9.13 Å². The molecule has 564 valence electrons. The van der Waals surface area contributed by atoms with Gasteiger partial charge in [-0.15, -0.1) is 0 Å². The van der Waals surface area contributed by atoms with Gasteiger partial charge in [-0.1, -0.05) is 331 Å². The second-order valence-corrected chi connectivity index (χ2v) is 32.2. The van der Waals surface area contributed by atoms with Crippen LogP contribution in [-0.2, 0) is 65.4 Å². The smallest absolute Gasteiger partial charge is 0.462 e. The Morgan fingerprint density at radius 2 is 0.442 bits per heavy atom. The van der Waals surface area contributed by atoms with Crippen molar-refractivity contribution in [3.63, 3.8) is 0 Å². The van der Waals surface area contributed by atoms with Gasteiger partial charge in [0.2, 0.25) is 0 Å². The maximum atomic E-state index is 13.1. The Morgan fingerprint density at radius 3 is 0.653 bits per heavy atom. The number of carbonyl (C=O) groups is 4.